The summed E-state index contributed by atoms with van der Waals surface area (Å²) in [5.41, 5.74) is 2.90. The second kappa shape index (κ2) is 9.98. The van der Waals surface area contributed by atoms with E-state index >= 15 is 0 Å². The van der Waals surface area contributed by atoms with Gasteiger partial charge in [-0.3, -0.25) is 4.79 Å². The summed E-state index contributed by atoms with van der Waals surface area (Å²) >= 11 is 0. The van der Waals surface area contributed by atoms with Crippen LogP contribution < -0.4 is 4.90 Å². The smallest absolute Gasteiger partial charge is 0.204 e. The molecule has 0 aliphatic carbocycles. The SMILES string of the molecule is C\C=C/C(=C\C=C\CC)c1cc2nc(C(=O)/C=C/C)cc(N3CCOCC3)n2n1. The molecule has 1 aliphatic rings. The number of hydrogen-bond donors (Lipinski definition) is 0. The largest absolute Gasteiger partial charge is 0.378 e. The third-order valence-corrected chi connectivity index (χ3v) is 4.60. The standard InChI is InChI=1S/C23H28N4O2/c1-4-7-8-11-18(9-5-2)19-16-22-24-20(21(28)10-6-3)17-23(27(22)25-19)26-12-14-29-15-13-26/h5-11,16-17H,4,12-15H2,1-3H3/b8-7+,9-5-,10-6+,18-11+. The average molecular weight is 393 g/mol. The molecule has 0 N–H and O–H groups in total. The lowest BCUT2D eigenvalue weighted by Crippen LogP contribution is -2.37. The molecule has 3 heterocycles. The van der Waals surface area contributed by atoms with E-state index in [9.17, 15) is 4.79 Å². The van der Waals surface area contributed by atoms with Gasteiger partial charge in [-0.05, 0) is 26.3 Å². The second-order valence-corrected chi connectivity index (χ2v) is 6.72. The van der Waals surface area contributed by atoms with Crippen LogP contribution in [0.1, 0.15) is 43.4 Å². The molecule has 1 fully saturated rings. The van der Waals surface area contributed by atoms with Gasteiger partial charge in [-0.2, -0.15) is 9.61 Å². The molecule has 2 aromatic heterocycles. The summed E-state index contributed by atoms with van der Waals surface area (Å²) in [4.78, 5) is 19.3. The van der Waals surface area contributed by atoms with Crippen LogP contribution in [0, 0.1) is 0 Å². The van der Waals surface area contributed by atoms with Gasteiger partial charge >= 0.3 is 0 Å². The van der Waals surface area contributed by atoms with E-state index < -0.39 is 0 Å². The number of morpholine rings is 1. The number of carbonyl (C=O) groups is 1. The van der Waals surface area contributed by atoms with E-state index in [1.807, 2.05) is 54.8 Å². The maximum absolute atomic E-state index is 12.5. The van der Waals surface area contributed by atoms with Crippen LogP contribution in [-0.2, 0) is 4.74 Å². The lowest BCUT2D eigenvalue weighted by atomic mass is 10.1. The summed E-state index contributed by atoms with van der Waals surface area (Å²) in [6.07, 6.45) is 14.5. The van der Waals surface area contributed by atoms with Crippen LogP contribution in [0.5, 0.6) is 0 Å². The number of allylic oxidation sites excluding steroid dienone is 8. The zero-order valence-electron chi connectivity index (χ0n) is 17.3. The van der Waals surface area contributed by atoms with Crippen molar-refractivity contribution in [3.8, 4) is 0 Å². The molecule has 2 aromatic rings. The molecule has 0 bridgehead atoms. The van der Waals surface area contributed by atoms with Gasteiger partial charge in [-0.1, -0.05) is 43.4 Å². The minimum atomic E-state index is -0.109. The zero-order chi connectivity index (χ0) is 20.6. The van der Waals surface area contributed by atoms with Crippen molar-refractivity contribution < 1.29 is 9.53 Å². The van der Waals surface area contributed by atoms with Crippen molar-refractivity contribution in [2.24, 2.45) is 0 Å². The highest BCUT2D eigenvalue weighted by atomic mass is 16.5. The van der Waals surface area contributed by atoms with E-state index in [1.165, 1.54) is 0 Å². The third-order valence-electron chi connectivity index (χ3n) is 4.60. The van der Waals surface area contributed by atoms with E-state index in [2.05, 4.69) is 22.9 Å². The van der Waals surface area contributed by atoms with Gasteiger partial charge in [-0.25, -0.2) is 4.98 Å². The molecule has 6 nitrogen and oxygen atoms in total. The minimum absolute atomic E-state index is 0.109. The number of hydrogen-bond acceptors (Lipinski definition) is 5. The number of anilines is 1. The molecule has 1 aliphatic heterocycles. The Kier molecular flexibility index (Phi) is 7.14. The minimum Gasteiger partial charge on any atom is -0.378 e. The maximum atomic E-state index is 12.5. The normalized spacial score (nSPS) is 16.1. The monoisotopic (exact) mass is 392 g/mol. The van der Waals surface area contributed by atoms with Crippen molar-refractivity contribution in [2.45, 2.75) is 27.2 Å². The number of rotatable bonds is 7. The maximum Gasteiger partial charge on any atom is 0.204 e. The highest BCUT2D eigenvalue weighted by Crippen LogP contribution is 2.23. The van der Waals surface area contributed by atoms with Crippen LogP contribution in [0.3, 0.4) is 0 Å². The molecular weight excluding hydrogens is 364 g/mol. The van der Waals surface area contributed by atoms with Gasteiger partial charge in [0.25, 0.3) is 0 Å². The van der Waals surface area contributed by atoms with E-state index in [0.717, 1.165) is 36.6 Å². The molecule has 0 radical (unpaired) electrons. The first-order chi connectivity index (χ1) is 14.2. The van der Waals surface area contributed by atoms with Gasteiger partial charge < -0.3 is 9.64 Å². The number of nitrogens with zero attached hydrogens (tertiary/aromatic N) is 4. The molecule has 152 valence electrons. The molecule has 0 aromatic carbocycles. The highest BCUT2D eigenvalue weighted by Gasteiger charge is 2.19. The summed E-state index contributed by atoms with van der Waals surface area (Å²) < 4.78 is 7.32. The third kappa shape index (κ3) is 4.90. The first kappa shape index (κ1) is 20.7. The fraction of sp³-hybridized carbons (Fsp3) is 0.348. The van der Waals surface area contributed by atoms with Gasteiger partial charge in [0.05, 0.1) is 18.9 Å². The molecule has 6 heteroatoms. The fourth-order valence-corrected chi connectivity index (χ4v) is 3.19. The predicted molar refractivity (Wildman–Crippen MR) is 117 cm³/mol. The number of carbonyl (C=O) groups excluding carboxylic acids is 1. The van der Waals surface area contributed by atoms with Gasteiger partial charge in [-0.15, -0.1) is 0 Å². The van der Waals surface area contributed by atoms with E-state index in [-0.39, 0.29) is 5.78 Å². The van der Waals surface area contributed by atoms with Gasteiger partial charge in [0.1, 0.15) is 11.5 Å². The first-order valence-corrected chi connectivity index (χ1v) is 10.1. The van der Waals surface area contributed by atoms with E-state index in [0.29, 0.717) is 24.6 Å². The Labute approximate surface area is 171 Å². The Balaban J connectivity index is 2.14. The van der Waals surface area contributed by atoms with Gasteiger partial charge in [0.15, 0.2) is 5.65 Å². The van der Waals surface area contributed by atoms with Gasteiger partial charge in [0, 0.05) is 30.8 Å². The number of fused-ring (bicyclic) bond motifs is 1. The lowest BCUT2D eigenvalue weighted by Gasteiger charge is -2.29. The topological polar surface area (TPSA) is 59.7 Å². The molecule has 0 unspecified atom stereocenters. The fourth-order valence-electron chi connectivity index (χ4n) is 3.19. The molecule has 1 saturated heterocycles. The van der Waals surface area contributed by atoms with Crippen molar-refractivity contribution in [1.29, 1.82) is 0 Å². The van der Waals surface area contributed by atoms with Crippen molar-refractivity contribution in [1.82, 2.24) is 14.6 Å². The van der Waals surface area contributed by atoms with Crippen molar-refractivity contribution in [3.05, 3.63) is 66.1 Å². The summed E-state index contributed by atoms with van der Waals surface area (Å²) in [7, 11) is 0. The molecule has 3 rings (SSSR count). The van der Waals surface area contributed by atoms with Crippen LogP contribution in [0.15, 0.2) is 54.7 Å². The van der Waals surface area contributed by atoms with Gasteiger partial charge in [0.2, 0.25) is 5.78 Å². The van der Waals surface area contributed by atoms with Crippen molar-refractivity contribution >= 4 is 22.8 Å². The zero-order valence-corrected chi connectivity index (χ0v) is 17.3. The van der Waals surface area contributed by atoms with Crippen LogP contribution in [0.2, 0.25) is 0 Å². The van der Waals surface area contributed by atoms with Crippen LogP contribution in [0.25, 0.3) is 11.2 Å². The van der Waals surface area contributed by atoms with E-state index in [1.54, 1.807) is 12.2 Å². The number of ether oxygens (including phenoxy) is 1. The number of aromatic nitrogens is 3. The molecule has 29 heavy (non-hydrogen) atoms. The van der Waals surface area contributed by atoms with E-state index in [4.69, 9.17) is 9.84 Å². The quantitative estimate of drug-likeness (QED) is 0.400. The summed E-state index contributed by atoms with van der Waals surface area (Å²) in [5.74, 6) is 0.753. The molecule has 0 amide bonds. The molecule has 0 atom stereocenters. The van der Waals surface area contributed by atoms with Crippen LogP contribution >= 0.6 is 0 Å². The van der Waals surface area contributed by atoms with Crippen molar-refractivity contribution in [2.75, 3.05) is 31.2 Å². The number of ketones is 1. The molecule has 0 spiro atoms. The Morgan fingerprint density at radius 2 is 1.90 bits per heavy atom. The van der Waals surface area contributed by atoms with Crippen LogP contribution in [-0.4, -0.2) is 46.7 Å². The lowest BCUT2D eigenvalue weighted by molar-refractivity contribution is 0.104. The predicted octanol–water partition coefficient (Wildman–Crippen LogP) is 4.25. The Hall–Kier alpha value is -2.99. The second-order valence-electron chi connectivity index (χ2n) is 6.72. The first-order valence-electron chi connectivity index (χ1n) is 10.1. The van der Waals surface area contributed by atoms with Crippen LogP contribution in [0.4, 0.5) is 5.82 Å². The average Bonchev–Trinajstić information content (AvgIpc) is 3.17. The summed E-state index contributed by atoms with van der Waals surface area (Å²) in [6.45, 7) is 8.73. The molecule has 0 saturated carbocycles. The highest BCUT2D eigenvalue weighted by molar-refractivity contribution is 6.03. The molecular formula is C23H28N4O2. The Morgan fingerprint density at radius 3 is 2.59 bits per heavy atom. The summed E-state index contributed by atoms with van der Waals surface area (Å²) in [5, 5.41) is 4.82. The Bertz CT molecular complexity index is 976. The summed E-state index contributed by atoms with van der Waals surface area (Å²) in [6, 6.07) is 3.76. The Morgan fingerprint density at radius 1 is 1.14 bits per heavy atom. The van der Waals surface area contributed by atoms with Crippen molar-refractivity contribution in [3.63, 3.8) is 0 Å².